The van der Waals surface area contributed by atoms with Crippen LogP contribution in [0.15, 0.2) is 52.9 Å². The van der Waals surface area contributed by atoms with Crippen LogP contribution in [-0.4, -0.2) is 25.3 Å². The number of hydrogen-bond donors (Lipinski definition) is 2. The Kier molecular flexibility index (Phi) is 5.57. The van der Waals surface area contributed by atoms with Gasteiger partial charge in [-0.25, -0.2) is 13.4 Å². The first-order chi connectivity index (χ1) is 12.9. The fraction of sp³-hybridized carbons (Fsp3) is 0.235. The predicted octanol–water partition coefficient (Wildman–Crippen LogP) is 1.21. The lowest BCUT2D eigenvalue weighted by Crippen LogP contribution is -2.41. The number of aliphatic carboxylic acids is 1. The molecule has 1 amide bonds. The summed E-state index contributed by atoms with van der Waals surface area (Å²) in [6, 6.07) is 5.59. The summed E-state index contributed by atoms with van der Waals surface area (Å²) >= 11 is 1.16. The minimum absolute atomic E-state index is 0.0175. The standard InChI is InChI=1S/C17H17N3O5S2/c21-15(13-3-1-2-4-14(13)16(22)23)19-11-5-7-12(8-6-11)27(24,25)20-17-18-9-10-26-17/h1-2,5-10,13-14H,3-4H2,(H,18,20)(H,19,21)(H,22,23)/p-1. The largest absolute Gasteiger partial charge is 0.550 e. The van der Waals surface area contributed by atoms with E-state index in [1.165, 1.54) is 30.5 Å². The van der Waals surface area contributed by atoms with Gasteiger partial charge in [0.1, 0.15) is 0 Å². The van der Waals surface area contributed by atoms with Gasteiger partial charge >= 0.3 is 0 Å². The highest BCUT2D eigenvalue weighted by Gasteiger charge is 2.29. The second-order valence-electron chi connectivity index (χ2n) is 5.93. The number of allylic oxidation sites excluding steroid dienone is 2. The molecule has 1 aliphatic carbocycles. The zero-order valence-electron chi connectivity index (χ0n) is 14.0. The Morgan fingerprint density at radius 2 is 1.78 bits per heavy atom. The molecule has 2 aromatic rings. The lowest BCUT2D eigenvalue weighted by atomic mass is 9.82. The molecule has 2 atom stereocenters. The smallest absolute Gasteiger partial charge is 0.263 e. The maximum absolute atomic E-state index is 12.4. The summed E-state index contributed by atoms with van der Waals surface area (Å²) in [5.41, 5.74) is 0.375. The molecule has 0 saturated carbocycles. The number of carboxylic acid groups (broad SMARTS) is 1. The number of sulfonamides is 1. The molecular formula is C17H16N3O5S2-. The zero-order chi connectivity index (χ0) is 19.4. The van der Waals surface area contributed by atoms with Crippen LogP contribution in [0.5, 0.6) is 0 Å². The lowest BCUT2D eigenvalue weighted by Gasteiger charge is -2.28. The number of benzene rings is 1. The number of nitrogens with one attached hydrogen (secondary N) is 2. The van der Waals surface area contributed by atoms with E-state index in [1.54, 1.807) is 17.5 Å². The van der Waals surface area contributed by atoms with Crippen LogP contribution < -0.4 is 15.1 Å². The molecule has 142 valence electrons. The number of amides is 1. The fourth-order valence-corrected chi connectivity index (χ4v) is 4.55. The Morgan fingerprint density at radius 1 is 1.11 bits per heavy atom. The second kappa shape index (κ2) is 7.89. The monoisotopic (exact) mass is 406 g/mol. The molecule has 0 bridgehead atoms. The number of carbonyl (C=O) groups excluding carboxylic acids is 2. The molecular weight excluding hydrogens is 390 g/mol. The third kappa shape index (κ3) is 4.52. The first-order valence-electron chi connectivity index (χ1n) is 8.06. The first-order valence-corrected chi connectivity index (χ1v) is 10.4. The lowest BCUT2D eigenvalue weighted by molar-refractivity contribution is -0.313. The molecule has 1 aliphatic rings. The van der Waals surface area contributed by atoms with Gasteiger partial charge in [0.2, 0.25) is 5.91 Å². The van der Waals surface area contributed by atoms with Gasteiger partial charge in [0.15, 0.2) is 5.13 Å². The summed E-state index contributed by atoms with van der Waals surface area (Å²) in [7, 11) is -3.78. The molecule has 0 aliphatic heterocycles. The van der Waals surface area contributed by atoms with Crippen LogP contribution in [0.25, 0.3) is 0 Å². The van der Waals surface area contributed by atoms with Crippen LogP contribution in [0.3, 0.4) is 0 Å². The normalized spacial score (nSPS) is 19.4. The Labute approximate surface area is 160 Å². The van der Waals surface area contributed by atoms with Crippen LogP contribution in [0, 0.1) is 11.8 Å². The van der Waals surface area contributed by atoms with Gasteiger partial charge < -0.3 is 15.2 Å². The summed E-state index contributed by atoms with van der Waals surface area (Å²) in [6.07, 6.45) is 5.54. The number of rotatable bonds is 6. The molecule has 10 heteroatoms. The highest BCUT2D eigenvalue weighted by molar-refractivity contribution is 7.93. The number of hydrogen-bond acceptors (Lipinski definition) is 7. The maximum atomic E-state index is 12.4. The first kappa shape index (κ1) is 19.1. The molecule has 1 aromatic heterocycles. The minimum atomic E-state index is -3.78. The molecule has 2 unspecified atom stereocenters. The predicted molar refractivity (Wildman–Crippen MR) is 98.4 cm³/mol. The highest BCUT2D eigenvalue weighted by Crippen LogP contribution is 2.27. The van der Waals surface area contributed by atoms with Gasteiger partial charge in [0.25, 0.3) is 10.0 Å². The average molecular weight is 406 g/mol. The van der Waals surface area contributed by atoms with E-state index in [2.05, 4.69) is 15.0 Å². The Hall–Kier alpha value is -2.72. The molecule has 2 N–H and O–H groups in total. The van der Waals surface area contributed by atoms with Crippen molar-refractivity contribution < 1.29 is 23.1 Å². The summed E-state index contributed by atoms with van der Waals surface area (Å²) in [5, 5.41) is 15.7. The molecule has 8 nitrogen and oxygen atoms in total. The van der Waals surface area contributed by atoms with Crippen LogP contribution in [0.4, 0.5) is 10.8 Å². The Morgan fingerprint density at radius 3 is 2.37 bits per heavy atom. The van der Waals surface area contributed by atoms with Gasteiger partial charge in [-0.2, -0.15) is 0 Å². The van der Waals surface area contributed by atoms with E-state index in [-0.39, 0.29) is 16.4 Å². The topological polar surface area (TPSA) is 128 Å². The SMILES string of the molecule is O=C([O-])C1CC=CCC1C(=O)Nc1ccc(S(=O)(=O)Nc2nccs2)cc1. The van der Waals surface area contributed by atoms with Crippen molar-refractivity contribution in [1.82, 2.24) is 4.98 Å². The van der Waals surface area contributed by atoms with Crippen LogP contribution in [0.1, 0.15) is 12.8 Å². The van der Waals surface area contributed by atoms with Crippen molar-refractivity contribution in [2.45, 2.75) is 17.7 Å². The van der Waals surface area contributed by atoms with Crippen LogP contribution in [0.2, 0.25) is 0 Å². The van der Waals surface area contributed by atoms with Gasteiger partial charge in [0, 0.05) is 29.2 Å². The number of nitrogens with zero attached hydrogens (tertiary/aromatic N) is 1. The van der Waals surface area contributed by atoms with Gasteiger partial charge in [-0.1, -0.05) is 12.2 Å². The molecule has 0 spiro atoms. The highest BCUT2D eigenvalue weighted by atomic mass is 32.2. The molecule has 0 fully saturated rings. The van der Waals surface area contributed by atoms with Crippen molar-refractivity contribution in [3.05, 3.63) is 48.0 Å². The van der Waals surface area contributed by atoms with E-state index in [9.17, 15) is 23.1 Å². The Balaban J connectivity index is 1.69. The average Bonchev–Trinajstić information content (AvgIpc) is 3.14. The minimum Gasteiger partial charge on any atom is -0.550 e. The zero-order valence-corrected chi connectivity index (χ0v) is 15.6. The van der Waals surface area contributed by atoms with Crippen molar-refractivity contribution >= 4 is 44.1 Å². The molecule has 0 saturated heterocycles. The number of carbonyl (C=O) groups is 2. The van der Waals surface area contributed by atoms with E-state index in [4.69, 9.17) is 0 Å². The summed E-state index contributed by atoms with van der Waals surface area (Å²) in [4.78, 5) is 27.5. The van der Waals surface area contributed by atoms with Crippen molar-refractivity contribution in [2.75, 3.05) is 10.0 Å². The van der Waals surface area contributed by atoms with E-state index in [0.717, 1.165) is 11.3 Å². The molecule has 27 heavy (non-hydrogen) atoms. The van der Waals surface area contributed by atoms with Crippen LogP contribution >= 0.6 is 11.3 Å². The van der Waals surface area contributed by atoms with Crippen LogP contribution in [-0.2, 0) is 19.6 Å². The van der Waals surface area contributed by atoms with Crippen molar-refractivity contribution in [1.29, 1.82) is 0 Å². The molecule has 1 aromatic carbocycles. The van der Waals surface area contributed by atoms with Gasteiger partial charge in [-0.3, -0.25) is 9.52 Å². The number of carboxylic acids is 1. The van der Waals surface area contributed by atoms with E-state index in [1.807, 2.05) is 0 Å². The number of anilines is 2. The van der Waals surface area contributed by atoms with E-state index < -0.39 is 33.7 Å². The Bertz CT molecular complexity index is 953. The van der Waals surface area contributed by atoms with E-state index in [0.29, 0.717) is 12.1 Å². The van der Waals surface area contributed by atoms with Gasteiger partial charge in [0.05, 0.1) is 10.8 Å². The van der Waals surface area contributed by atoms with Crippen molar-refractivity contribution in [3.8, 4) is 0 Å². The number of thiazole rings is 1. The summed E-state index contributed by atoms with van der Waals surface area (Å²) in [6.45, 7) is 0. The maximum Gasteiger partial charge on any atom is 0.263 e. The van der Waals surface area contributed by atoms with Gasteiger partial charge in [-0.15, -0.1) is 11.3 Å². The molecule has 1 heterocycles. The van der Waals surface area contributed by atoms with Crippen molar-refractivity contribution in [2.24, 2.45) is 11.8 Å². The summed E-state index contributed by atoms with van der Waals surface area (Å²) in [5.74, 6) is -3.30. The molecule has 0 radical (unpaired) electrons. The van der Waals surface area contributed by atoms with Crippen molar-refractivity contribution in [3.63, 3.8) is 0 Å². The molecule has 3 rings (SSSR count). The summed E-state index contributed by atoms with van der Waals surface area (Å²) < 4.78 is 26.9. The third-order valence-corrected chi connectivity index (χ3v) is 6.33. The third-order valence-electron chi connectivity index (χ3n) is 4.16. The second-order valence-corrected chi connectivity index (χ2v) is 8.51. The fourth-order valence-electron chi connectivity index (χ4n) is 2.76. The quantitative estimate of drug-likeness (QED) is 0.694. The number of aromatic nitrogens is 1. The van der Waals surface area contributed by atoms with E-state index >= 15 is 0 Å². The van der Waals surface area contributed by atoms with Gasteiger partial charge in [-0.05, 0) is 37.1 Å².